The van der Waals surface area contributed by atoms with Gasteiger partial charge in [-0.2, -0.15) is 0 Å². The number of carbonyl (C=O) groups excluding carboxylic acids is 2. The summed E-state index contributed by atoms with van der Waals surface area (Å²) in [5.41, 5.74) is 1.66. The van der Waals surface area contributed by atoms with Gasteiger partial charge in [0.2, 0.25) is 5.91 Å². The number of carbonyl (C=O) groups is 2. The first-order valence-corrected chi connectivity index (χ1v) is 10.7. The predicted molar refractivity (Wildman–Crippen MR) is 110 cm³/mol. The number of amides is 2. The molecule has 2 fully saturated rings. The Bertz CT molecular complexity index is 658. The van der Waals surface area contributed by atoms with Crippen LogP contribution in [0.1, 0.15) is 61.0 Å². The molecule has 0 bridgehead atoms. The summed E-state index contributed by atoms with van der Waals surface area (Å²) in [6.45, 7) is 7.22. The van der Waals surface area contributed by atoms with Crippen LogP contribution in [0.4, 0.5) is 0 Å². The minimum absolute atomic E-state index is 0.0239. The van der Waals surface area contributed by atoms with Gasteiger partial charge < -0.3 is 14.7 Å². The summed E-state index contributed by atoms with van der Waals surface area (Å²) in [5.74, 6) is 1.23. The zero-order valence-electron chi connectivity index (χ0n) is 17.6. The van der Waals surface area contributed by atoms with Crippen LogP contribution in [-0.2, 0) is 4.79 Å². The Hall–Kier alpha value is -1.95. The average molecular weight is 387 g/mol. The Morgan fingerprint density at radius 1 is 1.07 bits per heavy atom. The summed E-state index contributed by atoms with van der Waals surface area (Å²) in [6, 6.07) is 3.84. The highest BCUT2D eigenvalue weighted by atomic mass is 16.2. The lowest BCUT2D eigenvalue weighted by molar-refractivity contribution is -0.133. The molecule has 0 radical (unpaired) electrons. The van der Waals surface area contributed by atoms with E-state index < -0.39 is 0 Å². The molecule has 6 nitrogen and oxygen atoms in total. The van der Waals surface area contributed by atoms with E-state index in [0.29, 0.717) is 29.7 Å². The molecule has 0 aromatic carbocycles. The van der Waals surface area contributed by atoms with Gasteiger partial charge in [-0.1, -0.05) is 6.92 Å². The van der Waals surface area contributed by atoms with Crippen LogP contribution in [0.2, 0.25) is 0 Å². The largest absolute Gasteiger partial charge is 0.345 e. The summed E-state index contributed by atoms with van der Waals surface area (Å²) in [5, 5.41) is 0. The van der Waals surface area contributed by atoms with Gasteiger partial charge in [0.15, 0.2) is 0 Å². The van der Waals surface area contributed by atoms with E-state index in [1.165, 1.54) is 0 Å². The molecule has 3 heterocycles. The van der Waals surface area contributed by atoms with Crippen molar-refractivity contribution in [2.45, 2.75) is 44.9 Å². The molecule has 1 aromatic heterocycles. The van der Waals surface area contributed by atoms with Crippen molar-refractivity contribution >= 4 is 11.8 Å². The fraction of sp³-hybridized carbons (Fsp3) is 0.682. The number of hydrogen-bond donors (Lipinski definition) is 0. The Morgan fingerprint density at radius 2 is 1.75 bits per heavy atom. The van der Waals surface area contributed by atoms with Crippen LogP contribution in [0.5, 0.6) is 0 Å². The van der Waals surface area contributed by atoms with E-state index >= 15 is 0 Å². The fourth-order valence-corrected chi connectivity index (χ4v) is 4.34. The number of rotatable bonds is 5. The maximum absolute atomic E-state index is 12.7. The fourth-order valence-electron chi connectivity index (χ4n) is 4.34. The third-order valence-corrected chi connectivity index (χ3v) is 6.32. The molecule has 0 N–H and O–H groups in total. The number of pyridine rings is 1. The summed E-state index contributed by atoms with van der Waals surface area (Å²) >= 11 is 0. The maximum Gasteiger partial charge on any atom is 0.254 e. The van der Waals surface area contributed by atoms with Crippen LogP contribution in [0.15, 0.2) is 18.3 Å². The quantitative estimate of drug-likeness (QED) is 0.781. The van der Waals surface area contributed by atoms with Crippen LogP contribution < -0.4 is 0 Å². The molecule has 2 aliphatic rings. The van der Waals surface area contributed by atoms with E-state index in [1.54, 1.807) is 25.2 Å². The Kier molecular flexibility index (Phi) is 7.05. The molecule has 0 unspecified atom stereocenters. The Labute approximate surface area is 168 Å². The number of piperidine rings is 2. The number of nitrogens with zero attached hydrogens (tertiary/aromatic N) is 4. The van der Waals surface area contributed by atoms with Crippen molar-refractivity contribution in [3.05, 3.63) is 29.6 Å². The van der Waals surface area contributed by atoms with Crippen molar-refractivity contribution < 1.29 is 9.59 Å². The molecule has 0 aliphatic carbocycles. The smallest absolute Gasteiger partial charge is 0.254 e. The number of likely N-dealkylation sites (tertiary alicyclic amines) is 2. The second-order valence-electron chi connectivity index (χ2n) is 8.41. The van der Waals surface area contributed by atoms with Gasteiger partial charge in [-0.25, -0.2) is 0 Å². The van der Waals surface area contributed by atoms with Gasteiger partial charge in [0.1, 0.15) is 0 Å². The van der Waals surface area contributed by atoms with Crippen molar-refractivity contribution in [3.63, 3.8) is 0 Å². The molecule has 28 heavy (non-hydrogen) atoms. The molecule has 2 aliphatic heterocycles. The molecule has 3 rings (SSSR count). The lowest BCUT2D eigenvalue weighted by Gasteiger charge is -2.35. The standard InChI is InChI=1S/C22H34N4O2/c1-4-25-11-7-17(8-12-25)15-21(27)26-13-9-18(10-14-26)20-6-5-19(16-23-20)22(28)24(2)3/h5-6,16-18H,4,7-15H2,1-3H3. The summed E-state index contributed by atoms with van der Waals surface area (Å²) in [7, 11) is 3.49. The zero-order chi connectivity index (χ0) is 20.1. The SMILES string of the molecule is CCN1CCC(CC(=O)N2CCC(c3ccc(C(=O)N(C)C)cn3)CC2)CC1. The first kappa shape index (κ1) is 20.8. The summed E-state index contributed by atoms with van der Waals surface area (Å²) < 4.78 is 0. The van der Waals surface area contributed by atoms with Gasteiger partial charge in [0.05, 0.1) is 5.56 Å². The molecule has 0 spiro atoms. The van der Waals surface area contributed by atoms with Crippen LogP contribution >= 0.6 is 0 Å². The van der Waals surface area contributed by atoms with Gasteiger partial charge in [0, 0.05) is 51.4 Å². The highest BCUT2D eigenvalue weighted by Gasteiger charge is 2.27. The van der Waals surface area contributed by atoms with E-state index in [0.717, 1.165) is 64.1 Å². The van der Waals surface area contributed by atoms with Crippen LogP contribution in [0.3, 0.4) is 0 Å². The monoisotopic (exact) mass is 386 g/mol. The van der Waals surface area contributed by atoms with E-state index in [9.17, 15) is 9.59 Å². The molecule has 0 atom stereocenters. The van der Waals surface area contributed by atoms with Crippen LogP contribution in [0, 0.1) is 5.92 Å². The second kappa shape index (κ2) is 9.50. The van der Waals surface area contributed by atoms with Crippen molar-refractivity contribution in [1.82, 2.24) is 19.7 Å². The topological polar surface area (TPSA) is 56.8 Å². The highest BCUT2D eigenvalue weighted by molar-refractivity contribution is 5.93. The third kappa shape index (κ3) is 5.10. The molecular formula is C22H34N4O2. The first-order valence-electron chi connectivity index (χ1n) is 10.7. The van der Waals surface area contributed by atoms with Crippen LogP contribution in [0.25, 0.3) is 0 Å². The highest BCUT2D eigenvalue weighted by Crippen LogP contribution is 2.28. The van der Waals surface area contributed by atoms with Gasteiger partial charge in [0.25, 0.3) is 5.91 Å². The predicted octanol–water partition coefficient (Wildman–Crippen LogP) is 2.61. The lowest BCUT2D eigenvalue weighted by Crippen LogP contribution is -2.40. The third-order valence-electron chi connectivity index (χ3n) is 6.32. The van der Waals surface area contributed by atoms with Gasteiger partial charge in [-0.05, 0) is 63.4 Å². The molecular weight excluding hydrogens is 352 g/mol. The normalized spacial score (nSPS) is 19.6. The molecule has 0 saturated carbocycles. The van der Waals surface area contributed by atoms with Crippen molar-refractivity contribution in [2.75, 3.05) is 46.8 Å². The Morgan fingerprint density at radius 3 is 2.29 bits per heavy atom. The molecule has 1 aromatic rings. The molecule has 2 saturated heterocycles. The molecule has 154 valence electrons. The summed E-state index contributed by atoms with van der Waals surface area (Å²) in [6.07, 6.45) is 6.59. The van der Waals surface area contributed by atoms with E-state index in [-0.39, 0.29) is 5.91 Å². The second-order valence-corrected chi connectivity index (χ2v) is 8.41. The molecule has 6 heteroatoms. The van der Waals surface area contributed by atoms with E-state index in [4.69, 9.17) is 0 Å². The summed E-state index contributed by atoms with van der Waals surface area (Å²) in [4.78, 5) is 35.3. The number of hydrogen-bond acceptors (Lipinski definition) is 4. The van der Waals surface area contributed by atoms with Crippen molar-refractivity contribution in [2.24, 2.45) is 5.92 Å². The zero-order valence-corrected chi connectivity index (χ0v) is 17.6. The van der Waals surface area contributed by atoms with Gasteiger partial charge >= 0.3 is 0 Å². The van der Waals surface area contributed by atoms with Gasteiger partial charge in [-0.3, -0.25) is 14.6 Å². The minimum Gasteiger partial charge on any atom is -0.345 e. The van der Waals surface area contributed by atoms with Crippen molar-refractivity contribution in [1.29, 1.82) is 0 Å². The van der Waals surface area contributed by atoms with E-state index in [2.05, 4.69) is 16.8 Å². The maximum atomic E-state index is 12.7. The van der Waals surface area contributed by atoms with Gasteiger partial charge in [-0.15, -0.1) is 0 Å². The van der Waals surface area contributed by atoms with Crippen LogP contribution in [-0.4, -0.2) is 78.3 Å². The Balaban J connectivity index is 1.46. The lowest BCUT2D eigenvalue weighted by atomic mass is 9.90. The molecule has 2 amide bonds. The number of aromatic nitrogens is 1. The first-order chi connectivity index (χ1) is 13.5. The van der Waals surface area contributed by atoms with Crippen molar-refractivity contribution in [3.8, 4) is 0 Å². The minimum atomic E-state index is -0.0239. The average Bonchev–Trinajstić information content (AvgIpc) is 2.74. The van der Waals surface area contributed by atoms with E-state index in [1.807, 2.05) is 17.0 Å².